The van der Waals surface area contributed by atoms with Gasteiger partial charge in [0.15, 0.2) is 0 Å². The van der Waals surface area contributed by atoms with Gasteiger partial charge in [-0.15, -0.1) is 0 Å². The van der Waals surface area contributed by atoms with E-state index in [-0.39, 0.29) is 5.91 Å². The number of anilines is 1. The number of hydrogen-bond acceptors (Lipinski definition) is 3. The highest BCUT2D eigenvalue weighted by molar-refractivity contribution is 5.91. The maximum Gasteiger partial charge on any atom is 0.244 e. The van der Waals surface area contributed by atoms with Crippen molar-refractivity contribution in [3.8, 4) is 0 Å². The van der Waals surface area contributed by atoms with Crippen LogP contribution in [0.2, 0.25) is 0 Å². The molecule has 0 radical (unpaired) electrons. The van der Waals surface area contributed by atoms with E-state index in [2.05, 4.69) is 17.1 Å². The van der Waals surface area contributed by atoms with Crippen molar-refractivity contribution in [2.24, 2.45) is 0 Å². The van der Waals surface area contributed by atoms with Crippen LogP contribution in [0.4, 0.5) is 5.69 Å². The number of benzene rings is 1. The van der Waals surface area contributed by atoms with Gasteiger partial charge in [-0.05, 0) is 49.7 Å². The fourth-order valence-electron chi connectivity index (χ4n) is 2.60. The van der Waals surface area contributed by atoms with Gasteiger partial charge in [-0.1, -0.05) is 19.1 Å². The molecular formula is C16H23N3O. The van der Waals surface area contributed by atoms with E-state index < -0.39 is 0 Å². The van der Waals surface area contributed by atoms with Gasteiger partial charge in [-0.2, -0.15) is 0 Å². The number of nitrogens with two attached hydrogens (primary N) is 1. The summed E-state index contributed by atoms with van der Waals surface area (Å²) in [5.41, 5.74) is 7.32. The molecule has 1 unspecified atom stereocenters. The molecular weight excluding hydrogens is 250 g/mol. The smallest absolute Gasteiger partial charge is 0.244 e. The lowest BCUT2D eigenvalue weighted by Crippen LogP contribution is -2.39. The molecule has 0 aliphatic carbocycles. The van der Waals surface area contributed by atoms with E-state index in [0.29, 0.717) is 6.04 Å². The quantitative estimate of drug-likeness (QED) is 0.636. The lowest BCUT2D eigenvalue weighted by molar-refractivity contribution is -0.116. The molecule has 1 heterocycles. The Morgan fingerprint density at radius 2 is 2.20 bits per heavy atom. The fourth-order valence-corrected chi connectivity index (χ4v) is 2.60. The molecule has 1 atom stereocenters. The summed E-state index contributed by atoms with van der Waals surface area (Å²) in [5, 5.41) is 2.98. The third-order valence-corrected chi connectivity index (χ3v) is 3.78. The summed E-state index contributed by atoms with van der Waals surface area (Å²) in [5.74, 6) is -0.0372. The first-order chi connectivity index (χ1) is 9.69. The number of nitrogens with one attached hydrogen (secondary N) is 1. The lowest BCUT2D eigenvalue weighted by atomic mass is 10.2. The van der Waals surface area contributed by atoms with Crippen LogP contribution in [0, 0.1) is 0 Å². The zero-order valence-electron chi connectivity index (χ0n) is 12.0. The number of rotatable bonds is 5. The molecule has 1 saturated heterocycles. The van der Waals surface area contributed by atoms with Gasteiger partial charge in [0.1, 0.15) is 0 Å². The van der Waals surface area contributed by atoms with Crippen LogP contribution < -0.4 is 11.1 Å². The Bertz CT molecular complexity index is 467. The van der Waals surface area contributed by atoms with Crippen molar-refractivity contribution >= 4 is 17.7 Å². The summed E-state index contributed by atoms with van der Waals surface area (Å²) >= 11 is 0. The number of nitrogens with zero attached hydrogens (tertiary/aromatic N) is 1. The number of likely N-dealkylation sites (tertiary alicyclic amines) is 1. The second-order valence-corrected chi connectivity index (χ2v) is 5.17. The fraction of sp³-hybridized carbons (Fsp3) is 0.438. The molecule has 1 aromatic carbocycles. The maximum absolute atomic E-state index is 11.8. The van der Waals surface area contributed by atoms with Crippen molar-refractivity contribution < 1.29 is 4.79 Å². The van der Waals surface area contributed by atoms with Gasteiger partial charge in [-0.3, -0.25) is 9.69 Å². The first-order valence-electron chi connectivity index (χ1n) is 7.24. The normalized spacial score (nSPS) is 19.6. The highest BCUT2D eigenvalue weighted by Gasteiger charge is 2.22. The first kappa shape index (κ1) is 14.6. The van der Waals surface area contributed by atoms with Gasteiger partial charge in [0.05, 0.1) is 0 Å². The van der Waals surface area contributed by atoms with Crippen molar-refractivity contribution in [2.45, 2.75) is 25.8 Å². The average Bonchev–Trinajstić information content (AvgIpc) is 2.92. The maximum atomic E-state index is 11.8. The molecule has 0 bridgehead atoms. The zero-order chi connectivity index (χ0) is 14.4. The molecule has 1 aliphatic heterocycles. The van der Waals surface area contributed by atoms with E-state index in [0.717, 1.165) is 30.9 Å². The van der Waals surface area contributed by atoms with Crippen LogP contribution in [0.3, 0.4) is 0 Å². The Balaban J connectivity index is 1.79. The number of carbonyl (C=O) groups excluding carboxylic acids is 1. The minimum atomic E-state index is -0.0372. The van der Waals surface area contributed by atoms with Crippen LogP contribution in [0.1, 0.15) is 25.3 Å². The highest BCUT2D eigenvalue weighted by atomic mass is 16.1. The minimum Gasteiger partial charge on any atom is -0.399 e. The van der Waals surface area contributed by atoms with Crippen LogP contribution >= 0.6 is 0 Å². The monoisotopic (exact) mass is 273 g/mol. The predicted molar refractivity (Wildman–Crippen MR) is 83.2 cm³/mol. The summed E-state index contributed by atoms with van der Waals surface area (Å²) in [6.07, 6.45) is 5.79. The Kier molecular flexibility index (Phi) is 5.18. The van der Waals surface area contributed by atoms with Crippen molar-refractivity contribution in [3.05, 3.63) is 35.9 Å². The van der Waals surface area contributed by atoms with E-state index in [1.807, 2.05) is 24.3 Å². The summed E-state index contributed by atoms with van der Waals surface area (Å²) in [6.45, 7) is 5.11. The van der Waals surface area contributed by atoms with Crippen LogP contribution in [-0.4, -0.2) is 36.5 Å². The second kappa shape index (κ2) is 7.10. The van der Waals surface area contributed by atoms with Crippen LogP contribution in [0.25, 0.3) is 6.08 Å². The Hall–Kier alpha value is -1.81. The standard InChI is InChI=1S/C16H23N3O/c1-2-19-11-3-4-15(19)12-18-16(20)10-7-13-5-8-14(17)9-6-13/h5-10,15H,2-4,11-12,17H2,1H3,(H,18,20)/b10-7+. The summed E-state index contributed by atoms with van der Waals surface area (Å²) in [7, 11) is 0. The third kappa shape index (κ3) is 4.10. The van der Waals surface area contributed by atoms with Crippen LogP contribution in [0.5, 0.6) is 0 Å². The van der Waals surface area contributed by atoms with E-state index in [9.17, 15) is 4.79 Å². The van der Waals surface area contributed by atoms with Gasteiger partial charge in [0, 0.05) is 24.4 Å². The Morgan fingerprint density at radius 1 is 1.45 bits per heavy atom. The lowest BCUT2D eigenvalue weighted by Gasteiger charge is -2.22. The van der Waals surface area contributed by atoms with E-state index in [4.69, 9.17) is 5.73 Å². The van der Waals surface area contributed by atoms with Crippen LogP contribution in [-0.2, 0) is 4.79 Å². The largest absolute Gasteiger partial charge is 0.399 e. The van der Waals surface area contributed by atoms with Gasteiger partial charge in [0.25, 0.3) is 0 Å². The van der Waals surface area contributed by atoms with Crippen molar-refractivity contribution in [3.63, 3.8) is 0 Å². The third-order valence-electron chi connectivity index (χ3n) is 3.78. The van der Waals surface area contributed by atoms with E-state index in [1.54, 1.807) is 12.2 Å². The molecule has 4 nitrogen and oxygen atoms in total. The predicted octanol–water partition coefficient (Wildman–Crippen LogP) is 1.88. The summed E-state index contributed by atoms with van der Waals surface area (Å²) in [4.78, 5) is 14.2. The van der Waals surface area contributed by atoms with Crippen molar-refractivity contribution in [1.29, 1.82) is 0 Å². The first-order valence-corrected chi connectivity index (χ1v) is 7.24. The van der Waals surface area contributed by atoms with E-state index in [1.165, 1.54) is 12.8 Å². The van der Waals surface area contributed by atoms with Gasteiger partial charge >= 0.3 is 0 Å². The number of carbonyl (C=O) groups is 1. The summed E-state index contributed by atoms with van der Waals surface area (Å²) < 4.78 is 0. The number of likely N-dealkylation sites (N-methyl/N-ethyl adjacent to an activating group) is 1. The van der Waals surface area contributed by atoms with Crippen LogP contribution in [0.15, 0.2) is 30.3 Å². The molecule has 0 aromatic heterocycles. The molecule has 108 valence electrons. The molecule has 1 aromatic rings. The minimum absolute atomic E-state index is 0.0372. The Morgan fingerprint density at radius 3 is 2.90 bits per heavy atom. The van der Waals surface area contributed by atoms with Gasteiger partial charge < -0.3 is 11.1 Å². The number of nitrogen functional groups attached to an aromatic ring is 1. The van der Waals surface area contributed by atoms with Crippen molar-refractivity contribution in [2.75, 3.05) is 25.4 Å². The molecule has 2 rings (SSSR count). The molecule has 0 saturated carbocycles. The second-order valence-electron chi connectivity index (χ2n) is 5.17. The molecule has 1 aliphatic rings. The summed E-state index contributed by atoms with van der Waals surface area (Å²) in [6, 6.07) is 7.95. The number of hydrogen-bond donors (Lipinski definition) is 2. The van der Waals surface area contributed by atoms with Gasteiger partial charge in [-0.25, -0.2) is 0 Å². The topological polar surface area (TPSA) is 58.4 Å². The number of amides is 1. The molecule has 20 heavy (non-hydrogen) atoms. The van der Waals surface area contributed by atoms with E-state index >= 15 is 0 Å². The molecule has 1 amide bonds. The average molecular weight is 273 g/mol. The van der Waals surface area contributed by atoms with Crippen molar-refractivity contribution in [1.82, 2.24) is 10.2 Å². The zero-order valence-corrected chi connectivity index (χ0v) is 12.0. The molecule has 0 spiro atoms. The van der Waals surface area contributed by atoms with Gasteiger partial charge in [0.2, 0.25) is 5.91 Å². The highest BCUT2D eigenvalue weighted by Crippen LogP contribution is 2.15. The molecule has 3 N–H and O–H groups in total. The SMILES string of the molecule is CCN1CCCC1CNC(=O)/C=C/c1ccc(N)cc1. The molecule has 1 fully saturated rings. The Labute approximate surface area is 120 Å². The molecule has 4 heteroatoms.